The van der Waals surface area contributed by atoms with Gasteiger partial charge in [-0.25, -0.2) is 0 Å². The Bertz CT molecular complexity index is 191. The third kappa shape index (κ3) is 0.926. The van der Waals surface area contributed by atoms with Gasteiger partial charge in [-0.05, 0) is 13.8 Å². The molecule has 0 aromatic carbocycles. The van der Waals surface area contributed by atoms with E-state index in [1.54, 1.807) is 13.8 Å². The molecule has 1 N–H and O–H groups in total. The Hall–Kier alpha value is -0.830. The second kappa shape index (κ2) is 2.09. The lowest BCUT2D eigenvalue weighted by atomic mass is 10.0. The number of ketones is 1. The van der Waals surface area contributed by atoms with Crippen molar-refractivity contribution in [3.8, 4) is 0 Å². The Balaban J connectivity index is 2.88. The molecule has 1 rings (SSSR count). The summed E-state index contributed by atoms with van der Waals surface area (Å²) in [4.78, 5) is 11.1. The minimum absolute atomic E-state index is 0.130. The Labute approximate surface area is 59.3 Å². The lowest BCUT2D eigenvalue weighted by Crippen LogP contribution is -2.27. The van der Waals surface area contributed by atoms with Crippen LogP contribution in [0.15, 0.2) is 11.8 Å². The Morgan fingerprint density at radius 3 is 2.50 bits per heavy atom. The summed E-state index contributed by atoms with van der Waals surface area (Å²) in [6.45, 7) is 3.60. The number of aliphatic hydroxyl groups excluding tert-OH is 1. The van der Waals surface area contributed by atoms with Crippen molar-refractivity contribution in [2.24, 2.45) is 0 Å². The van der Waals surface area contributed by atoms with Crippen molar-refractivity contribution in [3.05, 3.63) is 11.8 Å². The summed E-state index contributed by atoms with van der Waals surface area (Å²) in [5.74, 6) is -0.130. The van der Waals surface area contributed by atoms with Crippen molar-refractivity contribution in [1.29, 1.82) is 0 Å². The number of ether oxygens (including phenoxy) is 1. The molecule has 0 aliphatic carbocycles. The molecule has 1 aliphatic rings. The Morgan fingerprint density at radius 2 is 2.30 bits per heavy atom. The quantitative estimate of drug-likeness (QED) is 0.402. The van der Waals surface area contributed by atoms with Crippen molar-refractivity contribution in [3.63, 3.8) is 0 Å². The van der Waals surface area contributed by atoms with Gasteiger partial charge in [0.15, 0.2) is 5.78 Å². The molecule has 0 saturated carbocycles. The first-order valence-corrected chi connectivity index (χ1v) is 3.10. The molecule has 0 unspecified atom stereocenters. The molecule has 10 heavy (non-hydrogen) atoms. The van der Waals surface area contributed by atoms with E-state index >= 15 is 0 Å². The van der Waals surface area contributed by atoms with Crippen LogP contribution in [-0.2, 0) is 9.53 Å². The van der Waals surface area contributed by atoms with Crippen LogP contribution in [0.3, 0.4) is 0 Å². The standard InChI is InChI=1S/C7H10O3/c1-7(2)6(9)5(3-8)4-10-7/h3,8H,4H2,1-2H3/b5-3+. The SMILES string of the molecule is CC1(C)OC/C(=C\O)C1=O. The number of carbonyl (C=O) groups excluding carboxylic acids is 1. The van der Waals surface area contributed by atoms with E-state index in [2.05, 4.69) is 0 Å². The summed E-state index contributed by atoms with van der Waals surface area (Å²) in [6, 6.07) is 0. The molecule has 0 bridgehead atoms. The minimum Gasteiger partial charge on any atom is -0.515 e. The zero-order chi connectivity index (χ0) is 7.78. The van der Waals surface area contributed by atoms with Crippen LogP contribution in [0.4, 0.5) is 0 Å². The highest BCUT2D eigenvalue weighted by atomic mass is 16.5. The molecule has 1 saturated heterocycles. The zero-order valence-corrected chi connectivity index (χ0v) is 6.05. The van der Waals surface area contributed by atoms with E-state index in [0.29, 0.717) is 5.57 Å². The van der Waals surface area contributed by atoms with Crippen LogP contribution in [0.5, 0.6) is 0 Å². The monoisotopic (exact) mass is 142 g/mol. The second-order valence-corrected chi connectivity index (χ2v) is 2.78. The first kappa shape index (κ1) is 7.28. The average molecular weight is 142 g/mol. The topological polar surface area (TPSA) is 46.5 Å². The highest BCUT2D eigenvalue weighted by Gasteiger charge is 2.37. The fraction of sp³-hybridized carbons (Fsp3) is 0.571. The molecule has 0 aromatic heterocycles. The maximum atomic E-state index is 11.1. The summed E-state index contributed by atoms with van der Waals surface area (Å²) in [5.41, 5.74) is -0.390. The van der Waals surface area contributed by atoms with Crippen LogP contribution < -0.4 is 0 Å². The van der Waals surface area contributed by atoms with Crippen LogP contribution >= 0.6 is 0 Å². The number of Topliss-reactive ketones (excluding diaryl/α,β-unsaturated/α-hetero) is 1. The molecular formula is C7H10O3. The van der Waals surface area contributed by atoms with Crippen molar-refractivity contribution in [2.75, 3.05) is 6.61 Å². The first-order chi connectivity index (χ1) is 4.58. The lowest BCUT2D eigenvalue weighted by Gasteiger charge is -2.12. The van der Waals surface area contributed by atoms with Gasteiger partial charge in [0.25, 0.3) is 0 Å². The van der Waals surface area contributed by atoms with Gasteiger partial charge in [0, 0.05) is 0 Å². The molecule has 1 aliphatic heterocycles. The first-order valence-electron chi connectivity index (χ1n) is 3.10. The van der Waals surface area contributed by atoms with Crippen LogP contribution in [0, 0.1) is 0 Å². The van der Waals surface area contributed by atoms with Crippen LogP contribution in [0.2, 0.25) is 0 Å². The van der Waals surface area contributed by atoms with Gasteiger partial charge in [-0.2, -0.15) is 0 Å². The van der Waals surface area contributed by atoms with Crippen molar-refractivity contribution < 1.29 is 14.6 Å². The summed E-state index contributed by atoms with van der Waals surface area (Å²) >= 11 is 0. The third-order valence-corrected chi connectivity index (χ3v) is 1.58. The van der Waals surface area contributed by atoms with Gasteiger partial charge in [-0.15, -0.1) is 0 Å². The molecule has 1 heterocycles. The fourth-order valence-electron chi connectivity index (χ4n) is 0.872. The van der Waals surface area contributed by atoms with Crippen LogP contribution in [0.1, 0.15) is 13.8 Å². The predicted molar refractivity (Wildman–Crippen MR) is 35.7 cm³/mol. The van der Waals surface area contributed by atoms with Gasteiger partial charge in [-0.1, -0.05) is 0 Å². The van der Waals surface area contributed by atoms with E-state index in [1.807, 2.05) is 0 Å². The van der Waals surface area contributed by atoms with Crippen molar-refractivity contribution in [2.45, 2.75) is 19.4 Å². The van der Waals surface area contributed by atoms with E-state index in [9.17, 15) is 4.79 Å². The predicted octanol–water partition coefficient (Wildman–Crippen LogP) is 0.806. The summed E-state index contributed by atoms with van der Waals surface area (Å²) in [6.07, 6.45) is 0.817. The van der Waals surface area contributed by atoms with Crippen LogP contribution in [0.25, 0.3) is 0 Å². The number of rotatable bonds is 0. The molecule has 0 aromatic rings. The van der Waals surface area contributed by atoms with Gasteiger partial charge < -0.3 is 9.84 Å². The number of carbonyl (C=O) groups is 1. The molecule has 0 amide bonds. The Kier molecular flexibility index (Phi) is 1.52. The molecule has 1 fully saturated rings. The van der Waals surface area contributed by atoms with Gasteiger partial charge in [0.2, 0.25) is 0 Å². The highest BCUT2D eigenvalue weighted by molar-refractivity contribution is 6.03. The summed E-state index contributed by atoms with van der Waals surface area (Å²) in [5, 5.41) is 8.51. The molecule has 56 valence electrons. The molecule has 0 spiro atoms. The molecule has 3 heteroatoms. The molecule has 0 radical (unpaired) electrons. The van der Waals surface area contributed by atoms with Crippen molar-refractivity contribution >= 4 is 5.78 Å². The molecule has 0 atom stereocenters. The van der Waals surface area contributed by atoms with Gasteiger partial charge in [0.1, 0.15) is 5.60 Å². The normalized spacial score (nSPS) is 27.8. The molecular weight excluding hydrogens is 132 g/mol. The summed E-state index contributed by atoms with van der Waals surface area (Å²) < 4.78 is 5.08. The third-order valence-electron chi connectivity index (χ3n) is 1.58. The van der Waals surface area contributed by atoms with Gasteiger partial charge in [0.05, 0.1) is 18.4 Å². The highest BCUT2D eigenvalue weighted by Crippen LogP contribution is 2.23. The van der Waals surface area contributed by atoms with E-state index in [-0.39, 0.29) is 12.4 Å². The zero-order valence-electron chi connectivity index (χ0n) is 6.05. The molecule has 3 nitrogen and oxygen atoms in total. The van der Waals surface area contributed by atoms with E-state index in [0.717, 1.165) is 6.26 Å². The lowest BCUT2D eigenvalue weighted by molar-refractivity contribution is -0.126. The van der Waals surface area contributed by atoms with Gasteiger partial charge >= 0.3 is 0 Å². The minimum atomic E-state index is -0.742. The number of hydrogen-bond donors (Lipinski definition) is 1. The number of aliphatic hydroxyl groups is 1. The second-order valence-electron chi connectivity index (χ2n) is 2.78. The van der Waals surface area contributed by atoms with Gasteiger partial charge in [-0.3, -0.25) is 4.79 Å². The van der Waals surface area contributed by atoms with E-state index in [4.69, 9.17) is 9.84 Å². The van der Waals surface area contributed by atoms with E-state index < -0.39 is 5.60 Å². The summed E-state index contributed by atoms with van der Waals surface area (Å²) in [7, 11) is 0. The Morgan fingerprint density at radius 1 is 1.70 bits per heavy atom. The van der Waals surface area contributed by atoms with Crippen LogP contribution in [-0.4, -0.2) is 23.1 Å². The maximum absolute atomic E-state index is 11.1. The van der Waals surface area contributed by atoms with Crippen molar-refractivity contribution in [1.82, 2.24) is 0 Å². The van der Waals surface area contributed by atoms with E-state index in [1.165, 1.54) is 0 Å². The fourth-order valence-corrected chi connectivity index (χ4v) is 0.872. The average Bonchev–Trinajstić information content (AvgIpc) is 2.10. The largest absolute Gasteiger partial charge is 0.515 e. The maximum Gasteiger partial charge on any atom is 0.195 e. The smallest absolute Gasteiger partial charge is 0.195 e. The number of hydrogen-bond acceptors (Lipinski definition) is 3.